The molecule has 2 aliphatic rings. The predicted octanol–water partition coefficient (Wildman–Crippen LogP) is 3.74. The van der Waals surface area contributed by atoms with Gasteiger partial charge in [0.05, 0.1) is 0 Å². The van der Waals surface area contributed by atoms with E-state index in [4.69, 9.17) is 5.73 Å². The van der Waals surface area contributed by atoms with Crippen LogP contribution < -0.4 is 5.73 Å². The first kappa shape index (κ1) is 19.3. The number of hydrogen-bond donors (Lipinski definition) is 1. The van der Waals surface area contributed by atoms with Crippen LogP contribution in [0.25, 0.3) is 0 Å². The molecule has 1 aliphatic carbocycles. The average molecular weight is 353 g/mol. The standard InChI is InChI=1S/C17H20N4.2ClH/c1-13-19-11-16(17(18)20-13)12-21-9-7-15(8-10-21)14-5-3-2-4-6-14;;/h2-3,6-9,11H,4-5,10,12H2,1H3,(H2,18,19,20);2*1H. The Kier molecular flexibility index (Phi) is 7.33. The molecule has 0 atom stereocenters. The Balaban J connectivity index is 0.00000132. The summed E-state index contributed by atoms with van der Waals surface area (Å²) in [5.74, 6) is 1.29. The molecule has 0 unspecified atom stereocenters. The second kappa shape index (κ2) is 8.75. The van der Waals surface area contributed by atoms with E-state index >= 15 is 0 Å². The van der Waals surface area contributed by atoms with E-state index in [2.05, 4.69) is 51.4 Å². The van der Waals surface area contributed by atoms with Gasteiger partial charge in [-0.05, 0) is 37.0 Å². The van der Waals surface area contributed by atoms with Crippen LogP contribution in [0.15, 0.2) is 53.9 Å². The van der Waals surface area contributed by atoms with Crippen molar-refractivity contribution in [2.45, 2.75) is 26.3 Å². The third-order valence-corrected chi connectivity index (χ3v) is 3.78. The van der Waals surface area contributed by atoms with Gasteiger partial charge in [-0.2, -0.15) is 0 Å². The van der Waals surface area contributed by atoms with Gasteiger partial charge in [-0.3, -0.25) is 0 Å². The maximum Gasteiger partial charge on any atom is 0.132 e. The zero-order valence-corrected chi connectivity index (χ0v) is 14.7. The third-order valence-electron chi connectivity index (χ3n) is 3.78. The summed E-state index contributed by atoms with van der Waals surface area (Å²) in [4.78, 5) is 10.6. The summed E-state index contributed by atoms with van der Waals surface area (Å²) in [6.07, 6.45) is 17.2. The Hall–Kier alpha value is -1.78. The molecular weight excluding hydrogens is 331 g/mol. The van der Waals surface area contributed by atoms with Crippen molar-refractivity contribution in [2.75, 3.05) is 12.3 Å². The van der Waals surface area contributed by atoms with Crippen LogP contribution in [-0.2, 0) is 6.54 Å². The molecule has 3 rings (SSSR count). The molecule has 1 aromatic heterocycles. The van der Waals surface area contributed by atoms with Crippen LogP contribution in [0.5, 0.6) is 0 Å². The van der Waals surface area contributed by atoms with Crippen molar-refractivity contribution in [1.82, 2.24) is 14.9 Å². The van der Waals surface area contributed by atoms with E-state index in [1.54, 1.807) is 0 Å². The predicted molar refractivity (Wildman–Crippen MR) is 99.8 cm³/mol. The average Bonchev–Trinajstić information content (AvgIpc) is 2.52. The Morgan fingerprint density at radius 3 is 2.65 bits per heavy atom. The van der Waals surface area contributed by atoms with Crippen molar-refractivity contribution in [2.24, 2.45) is 0 Å². The number of anilines is 1. The summed E-state index contributed by atoms with van der Waals surface area (Å²) in [6.45, 7) is 3.48. The molecule has 4 nitrogen and oxygen atoms in total. The number of hydrogen-bond acceptors (Lipinski definition) is 4. The van der Waals surface area contributed by atoms with Gasteiger partial charge in [-0.15, -0.1) is 24.8 Å². The summed E-state index contributed by atoms with van der Waals surface area (Å²) in [7, 11) is 0. The molecule has 0 bridgehead atoms. The normalized spacial score (nSPS) is 16.1. The number of nitrogen functional groups attached to an aromatic ring is 1. The summed E-state index contributed by atoms with van der Waals surface area (Å²) in [5, 5.41) is 0. The van der Waals surface area contributed by atoms with Gasteiger partial charge in [-0.1, -0.05) is 24.3 Å². The van der Waals surface area contributed by atoms with Gasteiger partial charge in [0.1, 0.15) is 11.6 Å². The van der Waals surface area contributed by atoms with Gasteiger partial charge in [0.2, 0.25) is 0 Å². The lowest BCUT2D eigenvalue weighted by Gasteiger charge is -2.24. The largest absolute Gasteiger partial charge is 0.383 e. The highest BCUT2D eigenvalue weighted by molar-refractivity contribution is 5.85. The smallest absolute Gasteiger partial charge is 0.132 e. The van der Waals surface area contributed by atoms with Crippen molar-refractivity contribution in [3.05, 3.63) is 65.3 Å². The molecule has 0 aromatic carbocycles. The molecule has 6 heteroatoms. The van der Waals surface area contributed by atoms with Crippen LogP contribution in [0.2, 0.25) is 0 Å². The molecule has 2 heterocycles. The maximum absolute atomic E-state index is 5.95. The van der Waals surface area contributed by atoms with Gasteiger partial charge in [0, 0.05) is 31.0 Å². The van der Waals surface area contributed by atoms with Gasteiger partial charge in [0.25, 0.3) is 0 Å². The monoisotopic (exact) mass is 352 g/mol. The fourth-order valence-corrected chi connectivity index (χ4v) is 2.57. The maximum atomic E-state index is 5.95. The molecule has 0 radical (unpaired) electrons. The molecule has 0 fully saturated rings. The number of allylic oxidation sites excluding steroid dienone is 6. The van der Waals surface area contributed by atoms with E-state index in [0.717, 1.165) is 31.5 Å². The molecule has 23 heavy (non-hydrogen) atoms. The molecule has 0 spiro atoms. The van der Waals surface area contributed by atoms with Crippen LogP contribution >= 0.6 is 24.8 Å². The number of aromatic nitrogens is 2. The first-order valence-corrected chi connectivity index (χ1v) is 7.27. The molecule has 1 aliphatic heterocycles. The Morgan fingerprint density at radius 2 is 2.04 bits per heavy atom. The Morgan fingerprint density at radius 1 is 1.22 bits per heavy atom. The van der Waals surface area contributed by atoms with Crippen LogP contribution in [0.3, 0.4) is 0 Å². The van der Waals surface area contributed by atoms with Crippen molar-refractivity contribution >= 4 is 30.6 Å². The van der Waals surface area contributed by atoms with E-state index in [1.165, 1.54) is 11.1 Å². The summed E-state index contributed by atoms with van der Waals surface area (Å²) in [5.41, 5.74) is 9.68. The second-order valence-corrected chi connectivity index (χ2v) is 5.37. The van der Waals surface area contributed by atoms with Gasteiger partial charge >= 0.3 is 0 Å². The number of rotatable bonds is 3. The van der Waals surface area contributed by atoms with E-state index < -0.39 is 0 Å². The molecule has 0 saturated carbocycles. The fourth-order valence-electron chi connectivity index (χ4n) is 2.57. The number of halogens is 2. The fraction of sp³-hybridized carbons (Fsp3) is 0.294. The minimum Gasteiger partial charge on any atom is -0.383 e. The summed E-state index contributed by atoms with van der Waals surface area (Å²) < 4.78 is 0. The molecule has 1 aromatic rings. The topological polar surface area (TPSA) is 55.0 Å². The highest BCUT2D eigenvalue weighted by Gasteiger charge is 2.11. The van der Waals surface area contributed by atoms with Crippen LogP contribution in [0, 0.1) is 6.92 Å². The van der Waals surface area contributed by atoms with Gasteiger partial charge in [-0.25, -0.2) is 9.97 Å². The van der Waals surface area contributed by atoms with E-state index in [1.807, 2.05) is 13.1 Å². The molecule has 0 saturated heterocycles. The summed E-state index contributed by atoms with van der Waals surface area (Å²) in [6, 6.07) is 0. The lowest BCUT2D eigenvalue weighted by Crippen LogP contribution is -2.21. The highest BCUT2D eigenvalue weighted by Crippen LogP contribution is 2.23. The van der Waals surface area contributed by atoms with Crippen molar-refractivity contribution in [1.29, 1.82) is 0 Å². The van der Waals surface area contributed by atoms with Crippen molar-refractivity contribution in [3.8, 4) is 0 Å². The molecule has 2 N–H and O–H groups in total. The summed E-state index contributed by atoms with van der Waals surface area (Å²) >= 11 is 0. The minimum atomic E-state index is 0. The van der Waals surface area contributed by atoms with Crippen LogP contribution in [0.1, 0.15) is 24.2 Å². The zero-order valence-electron chi connectivity index (χ0n) is 13.1. The Bertz CT molecular complexity index is 663. The van der Waals surface area contributed by atoms with Gasteiger partial charge < -0.3 is 10.6 Å². The van der Waals surface area contributed by atoms with Gasteiger partial charge in [0.15, 0.2) is 0 Å². The third kappa shape index (κ3) is 4.85. The van der Waals surface area contributed by atoms with Crippen molar-refractivity contribution in [3.63, 3.8) is 0 Å². The lowest BCUT2D eigenvalue weighted by molar-refractivity contribution is 0.403. The Labute approximate surface area is 149 Å². The number of nitrogens with two attached hydrogens (primary N) is 1. The van der Waals surface area contributed by atoms with Crippen LogP contribution in [-0.4, -0.2) is 21.4 Å². The number of aryl methyl sites for hydroxylation is 1. The first-order valence-electron chi connectivity index (χ1n) is 7.27. The highest BCUT2D eigenvalue weighted by atomic mass is 35.5. The van der Waals surface area contributed by atoms with E-state index in [-0.39, 0.29) is 24.8 Å². The lowest BCUT2D eigenvalue weighted by atomic mass is 9.96. The zero-order chi connectivity index (χ0) is 14.7. The quantitative estimate of drug-likeness (QED) is 0.841. The molecule has 124 valence electrons. The SMILES string of the molecule is Cc1ncc(CN2C=CC(C3=CCC=CC3)=CC2)c(N)n1.Cl.Cl. The molecular formula is C17H22Cl2N4. The first-order chi connectivity index (χ1) is 10.2. The van der Waals surface area contributed by atoms with E-state index in [9.17, 15) is 0 Å². The van der Waals surface area contributed by atoms with E-state index in [0.29, 0.717) is 11.6 Å². The number of nitrogens with zero attached hydrogens (tertiary/aromatic N) is 3. The second-order valence-electron chi connectivity index (χ2n) is 5.37. The van der Waals surface area contributed by atoms with Crippen LogP contribution in [0.4, 0.5) is 5.82 Å². The molecule has 0 amide bonds. The minimum absolute atomic E-state index is 0. The van der Waals surface area contributed by atoms with Crippen molar-refractivity contribution < 1.29 is 0 Å².